The molecule has 2 aliphatic heterocycles. The summed E-state index contributed by atoms with van der Waals surface area (Å²) >= 11 is 1.13. The van der Waals surface area contributed by atoms with E-state index in [0.717, 1.165) is 60.2 Å². The molecule has 0 radical (unpaired) electrons. The Morgan fingerprint density at radius 1 is 0.532 bits per heavy atom. The van der Waals surface area contributed by atoms with E-state index in [0.29, 0.717) is 5.75 Å². The number of carbonyl (C=O) groups excluding carboxylic acids is 7. The first-order chi connectivity index (χ1) is 22.0. The van der Waals surface area contributed by atoms with Crippen molar-refractivity contribution in [2.75, 3.05) is 25.5 Å². The lowest BCUT2D eigenvalue weighted by molar-refractivity contribution is -0.341. The number of hydrogen-bond donors (Lipinski definition) is 1. The highest BCUT2D eigenvalue weighted by Gasteiger charge is 2.57. The Balaban J connectivity index is 2.71. The van der Waals surface area contributed by atoms with Gasteiger partial charge in [0, 0.05) is 60.8 Å². The zero-order valence-electron chi connectivity index (χ0n) is 27.0. The van der Waals surface area contributed by atoms with E-state index in [1.165, 1.54) is 0 Å². The maximum atomic E-state index is 12.4. The van der Waals surface area contributed by atoms with Crippen molar-refractivity contribution in [2.24, 2.45) is 5.73 Å². The van der Waals surface area contributed by atoms with Crippen molar-refractivity contribution < 1.29 is 80.9 Å². The Labute approximate surface area is 274 Å². The normalized spacial score (nSPS) is 30.2. The largest absolute Gasteiger partial charge is 0.463 e. The number of carbonyl (C=O) groups is 7. The van der Waals surface area contributed by atoms with E-state index in [2.05, 4.69) is 0 Å². The number of rotatable bonds is 14. The Hall–Kier alpha value is -3.52. The zero-order chi connectivity index (χ0) is 35.4. The fourth-order valence-corrected chi connectivity index (χ4v) is 5.78. The molecule has 6 unspecified atom stereocenters. The van der Waals surface area contributed by atoms with Gasteiger partial charge < -0.3 is 53.1 Å². The van der Waals surface area contributed by atoms with Crippen LogP contribution in [-0.2, 0) is 80.9 Å². The first-order valence-electron chi connectivity index (χ1n) is 14.4. The Bertz CT molecular complexity index is 1150. The van der Waals surface area contributed by atoms with Crippen LogP contribution in [0.1, 0.15) is 48.5 Å². The monoisotopic (exact) mass is 695 g/mol. The fraction of sp³-hybridized carbons (Fsp3) is 0.750. The van der Waals surface area contributed by atoms with E-state index in [1.54, 1.807) is 0 Å². The van der Waals surface area contributed by atoms with Crippen LogP contribution in [0.4, 0.5) is 0 Å². The summed E-state index contributed by atoms with van der Waals surface area (Å²) in [5, 5.41) is 0. The van der Waals surface area contributed by atoms with E-state index < -0.39 is 116 Å². The molecule has 18 nitrogen and oxygen atoms in total. The van der Waals surface area contributed by atoms with Gasteiger partial charge in [-0.25, -0.2) is 0 Å². The van der Waals surface area contributed by atoms with Gasteiger partial charge in [0.15, 0.2) is 36.8 Å². The summed E-state index contributed by atoms with van der Waals surface area (Å²) in [6.07, 6.45) is -13.3. The van der Waals surface area contributed by atoms with Gasteiger partial charge >= 0.3 is 41.8 Å². The molecule has 2 fully saturated rings. The molecule has 0 bridgehead atoms. The third-order valence-electron chi connectivity index (χ3n) is 6.29. The SMILES string of the molecule is CC(=O)OCC1O[C@@H](SCCN)C(OC(C)=O)C(OC(C)=O)[C@@H]1O[C@@H]1OC(COC(C)=O)[C@H](OC(C)=O)C(OC(C)=O)C1OC(C)=O. The number of ether oxygens (including phenoxy) is 10. The molecule has 10 atom stereocenters. The highest BCUT2D eigenvalue weighted by molar-refractivity contribution is 7.99. The summed E-state index contributed by atoms with van der Waals surface area (Å²) in [6, 6.07) is 0. The predicted octanol–water partition coefficient (Wildman–Crippen LogP) is -0.702. The molecule has 0 spiro atoms. The topological polar surface area (TPSA) is 238 Å². The van der Waals surface area contributed by atoms with Crippen LogP contribution in [0.15, 0.2) is 0 Å². The lowest BCUT2D eigenvalue weighted by Crippen LogP contribution is -2.66. The molecule has 47 heavy (non-hydrogen) atoms. The van der Waals surface area contributed by atoms with Crippen LogP contribution in [0.3, 0.4) is 0 Å². The van der Waals surface area contributed by atoms with Crippen molar-refractivity contribution >= 4 is 53.5 Å². The maximum absolute atomic E-state index is 12.4. The number of esters is 7. The van der Waals surface area contributed by atoms with Gasteiger partial charge in [-0.1, -0.05) is 0 Å². The first kappa shape index (κ1) is 39.7. The number of nitrogens with two attached hydrogens (primary N) is 1. The maximum Gasteiger partial charge on any atom is 0.303 e. The van der Waals surface area contributed by atoms with Gasteiger partial charge in [-0.05, 0) is 0 Å². The summed E-state index contributed by atoms with van der Waals surface area (Å²) in [5.74, 6) is -5.31. The third-order valence-corrected chi connectivity index (χ3v) is 7.46. The van der Waals surface area contributed by atoms with E-state index in [9.17, 15) is 33.6 Å². The van der Waals surface area contributed by atoms with Gasteiger partial charge in [0.25, 0.3) is 0 Å². The Morgan fingerprint density at radius 3 is 1.38 bits per heavy atom. The van der Waals surface area contributed by atoms with Crippen LogP contribution in [0, 0.1) is 0 Å². The van der Waals surface area contributed by atoms with E-state index in [1.807, 2.05) is 0 Å². The summed E-state index contributed by atoms with van der Waals surface area (Å²) in [4.78, 5) is 84.7. The summed E-state index contributed by atoms with van der Waals surface area (Å²) in [7, 11) is 0. The minimum Gasteiger partial charge on any atom is -0.463 e. The Kier molecular flexibility index (Phi) is 15.8. The Morgan fingerprint density at radius 2 is 0.936 bits per heavy atom. The van der Waals surface area contributed by atoms with Gasteiger partial charge in [-0.15, -0.1) is 11.8 Å². The van der Waals surface area contributed by atoms with Gasteiger partial charge in [0.2, 0.25) is 0 Å². The second-order valence-corrected chi connectivity index (χ2v) is 11.5. The van der Waals surface area contributed by atoms with Crippen molar-refractivity contribution in [3.63, 3.8) is 0 Å². The molecule has 2 rings (SSSR count). The molecule has 0 aromatic rings. The lowest BCUT2D eigenvalue weighted by Gasteiger charge is -2.48. The summed E-state index contributed by atoms with van der Waals surface area (Å²) < 4.78 is 56.2. The van der Waals surface area contributed by atoms with Gasteiger partial charge in [0.05, 0.1) is 0 Å². The molecular weight excluding hydrogens is 654 g/mol. The minimum atomic E-state index is -1.74. The zero-order valence-corrected chi connectivity index (χ0v) is 27.8. The van der Waals surface area contributed by atoms with Crippen LogP contribution in [0.5, 0.6) is 0 Å². The average Bonchev–Trinajstić information content (AvgIpc) is 2.94. The molecule has 2 heterocycles. The fourth-order valence-electron chi connectivity index (χ4n) is 4.79. The molecule has 2 aliphatic rings. The van der Waals surface area contributed by atoms with Gasteiger partial charge in [0.1, 0.15) is 37.0 Å². The molecule has 0 aliphatic carbocycles. The van der Waals surface area contributed by atoms with E-state index in [-0.39, 0.29) is 6.54 Å². The van der Waals surface area contributed by atoms with Gasteiger partial charge in [-0.2, -0.15) is 0 Å². The molecular formula is C28H41NO17S. The number of hydrogen-bond acceptors (Lipinski definition) is 19. The smallest absolute Gasteiger partial charge is 0.303 e. The summed E-state index contributed by atoms with van der Waals surface area (Å²) in [6.45, 7) is 6.81. The van der Waals surface area contributed by atoms with Crippen molar-refractivity contribution in [3.8, 4) is 0 Å². The van der Waals surface area contributed by atoms with Crippen molar-refractivity contribution in [3.05, 3.63) is 0 Å². The van der Waals surface area contributed by atoms with Crippen LogP contribution >= 0.6 is 11.8 Å². The van der Waals surface area contributed by atoms with E-state index >= 15 is 0 Å². The molecule has 0 aromatic carbocycles. The van der Waals surface area contributed by atoms with Crippen LogP contribution in [0.25, 0.3) is 0 Å². The quantitative estimate of drug-likeness (QED) is 0.174. The van der Waals surface area contributed by atoms with Crippen LogP contribution in [-0.4, -0.2) is 128 Å². The summed E-state index contributed by atoms with van der Waals surface area (Å²) in [5.41, 5.74) is 4.67. The van der Waals surface area contributed by atoms with E-state index in [4.69, 9.17) is 53.1 Å². The molecule has 19 heteroatoms. The second kappa shape index (κ2) is 18.7. The standard InChI is InChI=1S/C28H41NO17S/c1-12(30)37-10-19-21(39-14(3)32)23(40-15(4)33)25(42-17(6)35)27(44-19)46-22-20(11-38-13(2)31)45-28(47-9-8-29)26(43-18(7)36)24(22)41-16(5)34/h19-28H,8-11,29H2,1-7H3/t19?,20?,21-,22+,23?,24?,25?,26?,27-,28-/m0/s1. The highest BCUT2D eigenvalue weighted by atomic mass is 32.2. The van der Waals surface area contributed by atoms with Crippen LogP contribution in [0.2, 0.25) is 0 Å². The minimum absolute atomic E-state index is 0.203. The van der Waals surface area contributed by atoms with Gasteiger partial charge in [-0.3, -0.25) is 33.6 Å². The highest BCUT2D eigenvalue weighted by Crippen LogP contribution is 2.37. The van der Waals surface area contributed by atoms with Crippen molar-refractivity contribution in [1.29, 1.82) is 0 Å². The first-order valence-corrected chi connectivity index (χ1v) is 15.5. The molecule has 0 aromatic heterocycles. The average molecular weight is 696 g/mol. The van der Waals surface area contributed by atoms with Crippen LogP contribution < -0.4 is 5.73 Å². The predicted molar refractivity (Wildman–Crippen MR) is 155 cm³/mol. The van der Waals surface area contributed by atoms with Crippen molar-refractivity contribution in [1.82, 2.24) is 0 Å². The number of thioether (sulfide) groups is 1. The molecule has 2 saturated heterocycles. The van der Waals surface area contributed by atoms with Crippen molar-refractivity contribution in [2.45, 2.75) is 109 Å². The lowest BCUT2D eigenvalue weighted by atomic mass is 9.96. The molecule has 2 N–H and O–H groups in total. The second-order valence-electron chi connectivity index (χ2n) is 10.3. The molecule has 266 valence electrons. The third kappa shape index (κ3) is 12.5. The molecule has 0 saturated carbocycles. The molecule has 0 amide bonds.